The van der Waals surface area contributed by atoms with Crippen molar-refractivity contribution in [2.75, 3.05) is 52.9 Å². The topological polar surface area (TPSA) is 53.1 Å². The summed E-state index contributed by atoms with van der Waals surface area (Å²) in [5, 5.41) is 0. The first-order valence-corrected chi connectivity index (χ1v) is 15.8. The number of carbonyl (C=O) groups is 2. The largest absolute Gasteiger partial charge is 0.496 e. The maximum atomic E-state index is 13.5. The van der Waals surface area contributed by atoms with Crippen LogP contribution in [0.25, 0.3) is 6.08 Å². The highest BCUT2D eigenvalue weighted by Gasteiger charge is 2.27. The fourth-order valence-electron chi connectivity index (χ4n) is 6.02. The van der Waals surface area contributed by atoms with Gasteiger partial charge >= 0.3 is 0 Å². The smallest absolute Gasteiger partial charge is 0.253 e. The monoisotopic (exact) mass is 559 g/mol. The molecule has 1 saturated heterocycles. The quantitative estimate of drug-likeness (QED) is 0.270. The van der Waals surface area contributed by atoms with Gasteiger partial charge in [0.05, 0.1) is 7.11 Å². The molecular formula is C35H49N3O3. The first-order valence-electron chi connectivity index (χ1n) is 15.8. The summed E-state index contributed by atoms with van der Waals surface area (Å²) in [6.07, 6.45) is 14.5. The summed E-state index contributed by atoms with van der Waals surface area (Å²) < 4.78 is 5.48. The Labute approximate surface area is 247 Å². The maximum absolute atomic E-state index is 13.5. The lowest BCUT2D eigenvalue weighted by atomic mass is 9.88. The minimum Gasteiger partial charge on any atom is -0.496 e. The minimum atomic E-state index is 0.125. The summed E-state index contributed by atoms with van der Waals surface area (Å²) in [5.74, 6) is 1.40. The number of hydrogen-bond acceptors (Lipinski definition) is 4. The SMILES string of the molecule is CCCCCc1ccc(C(=O)N2CCN(CCN(C/C=C/c3ccccc3OC)C(=O)C3CCCCC3)CC2)cc1. The molecule has 41 heavy (non-hydrogen) atoms. The number of para-hydroxylation sites is 1. The van der Waals surface area contributed by atoms with Gasteiger partial charge in [-0.15, -0.1) is 0 Å². The molecule has 0 bridgehead atoms. The second-order valence-corrected chi connectivity index (χ2v) is 11.6. The fraction of sp³-hybridized carbons (Fsp3) is 0.543. The first-order chi connectivity index (χ1) is 20.1. The molecule has 6 nitrogen and oxygen atoms in total. The molecule has 2 aromatic carbocycles. The molecule has 1 aliphatic carbocycles. The van der Waals surface area contributed by atoms with E-state index in [1.807, 2.05) is 46.2 Å². The zero-order valence-corrected chi connectivity index (χ0v) is 25.2. The third kappa shape index (κ3) is 9.19. The van der Waals surface area contributed by atoms with Crippen LogP contribution in [0, 0.1) is 5.92 Å². The summed E-state index contributed by atoms with van der Waals surface area (Å²) in [7, 11) is 1.68. The van der Waals surface area contributed by atoms with Crippen molar-refractivity contribution in [2.24, 2.45) is 5.92 Å². The zero-order chi connectivity index (χ0) is 28.9. The summed E-state index contributed by atoms with van der Waals surface area (Å²) in [6, 6.07) is 16.2. The Morgan fingerprint density at radius 3 is 2.39 bits per heavy atom. The Morgan fingerprint density at radius 2 is 1.68 bits per heavy atom. The van der Waals surface area contributed by atoms with Gasteiger partial charge in [0, 0.05) is 62.9 Å². The van der Waals surface area contributed by atoms with Crippen LogP contribution in [0.5, 0.6) is 5.75 Å². The first kappa shape index (κ1) is 30.8. The zero-order valence-electron chi connectivity index (χ0n) is 25.2. The summed E-state index contributed by atoms with van der Waals surface area (Å²) in [5.41, 5.74) is 3.11. The normalized spacial score (nSPS) is 16.7. The van der Waals surface area contributed by atoms with Crippen LogP contribution in [0.15, 0.2) is 54.6 Å². The molecule has 1 aliphatic heterocycles. The number of rotatable bonds is 13. The van der Waals surface area contributed by atoms with Crippen molar-refractivity contribution in [3.05, 3.63) is 71.3 Å². The molecule has 2 fully saturated rings. The second-order valence-electron chi connectivity index (χ2n) is 11.6. The van der Waals surface area contributed by atoms with Crippen LogP contribution in [0.2, 0.25) is 0 Å². The molecule has 2 aliphatic rings. The van der Waals surface area contributed by atoms with Gasteiger partial charge in [0.15, 0.2) is 0 Å². The van der Waals surface area contributed by atoms with Crippen LogP contribution in [0.1, 0.15) is 79.8 Å². The Hall–Kier alpha value is -3.12. The van der Waals surface area contributed by atoms with Gasteiger partial charge < -0.3 is 14.5 Å². The molecule has 0 radical (unpaired) electrons. The van der Waals surface area contributed by atoms with E-state index in [0.29, 0.717) is 19.0 Å². The minimum absolute atomic E-state index is 0.125. The average Bonchev–Trinajstić information content (AvgIpc) is 3.03. The maximum Gasteiger partial charge on any atom is 0.253 e. The van der Waals surface area contributed by atoms with E-state index < -0.39 is 0 Å². The Kier molecular flexibility index (Phi) is 12.3. The van der Waals surface area contributed by atoms with Gasteiger partial charge in [-0.2, -0.15) is 0 Å². The van der Waals surface area contributed by atoms with E-state index in [-0.39, 0.29) is 11.8 Å². The van der Waals surface area contributed by atoms with Crippen LogP contribution in [-0.4, -0.2) is 79.4 Å². The van der Waals surface area contributed by atoms with Gasteiger partial charge in [-0.25, -0.2) is 0 Å². The van der Waals surface area contributed by atoms with Crippen molar-refractivity contribution in [2.45, 2.75) is 64.7 Å². The van der Waals surface area contributed by atoms with Gasteiger partial charge in [0.2, 0.25) is 5.91 Å². The number of aryl methyl sites for hydroxylation is 1. The third-order valence-electron chi connectivity index (χ3n) is 8.64. The van der Waals surface area contributed by atoms with Crippen molar-refractivity contribution in [3.8, 4) is 5.75 Å². The molecule has 0 spiro atoms. The number of ether oxygens (including phenoxy) is 1. The molecule has 0 aromatic heterocycles. The van der Waals surface area contributed by atoms with Crippen molar-refractivity contribution in [3.63, 3.8) is 0 Å². The number of carbonyl (C=O) groups excluding carboxylic acids is 2. The van der Waals surface area contributed by atoms with E-state index in [1.54, 1.807) is 7.11 Å². The van der Waals surface area contributed by atoms with Crippen molar-refractivity contribution < 1.29 is 14.3 Å². The van der Waals surface area contributed by atoms with Crippen molar-refractivity contribution >= 4 is 17.9 Å². The molecule has 0 atom stereocenters. The molecular weight excluding hydrogens is 510 g/mol. The third-order valence-corrected chi connectivity index (χ3v) is 8.64. The fourth-order valence-corrected chi connectivity index (χ4v) is 6.02. The van der Waals surface area contributed by atoms with Crippen LogP contribution < -0.4 is 4.74 Å². The molecule has 1 saturated carbocycles. The van der Waals surface area contributed by atoms with Gasteiger partial charge in [-0.3, -0.25) is 14.5 Å². The molecule has 222 valence electrons. The van der Waals surface area contributed by atoms with E-state index in [2.05, 4.69) is 36.1 Å². The molecule has 1 heterocycles. The lowest BCUT2D eigenvalue weighted by molar-refractivity contribution is -0.136. The van der Waals surface area contributed by atoms with E-state index in [9.17, 15) is 9.59 Å². The van der Waals surface area contributed by atoms with Crippen LogP contribution >= 0.6 is 0 Å². The number of amides is 2. The molecule has 6 heteroatoms. The van der Waals surface area contributed by atoms with E-state index in [1.165, 1.54) is 31.2 Å². The highest BCUT2D eigenvalue weighted by Crippen LogP contribution is 2.26. The lowest BCUT2D eigenvalue weighted by Crippen LogP contribution is -2.51. The van der Waals surface area contributed by atoms with Crippen LogP contribution in [0.3, 0.4) is 0 Å². The van der Waals surface area contributed by atoms with Gasteiger partial charge in [0.25, 0.3) is 5.91 Å². The van der Waals surface area contributed by atoms with Gasteiger partial charge in [-0.05, 0) is 49.4 Å². The highest BCUT2D eigenvalue weighted by atomic mass is 16.5. The standard InChI is InChI=1S/C35H49N3O3/c1-3-4-6-12-29-18-20-32(21-19-29)35(40)38-27-24-36(25-28-38)23-26-37(34(39)31-14-7-5-8-15-31)22-11-16-30-13-9-10-17-33(30)41-2/h9-11,13,16-21,31H,3-8,12,14-15,22-28H2,1-2H3/b16-11+. The van der Waals surface area contributed by atoms with Crippen LogP contribution in [0.4, 0.5) is 0 Å². The second kappa shape index (κ2) is 16.4. The number of hydrogen-bond donors (Lipinski definition) is 0. The van der Waals surface area contributed by atoms with Crippen molar-refractivity contribution in [1.29, 1.82) is 0 Å². The van der Waals surface area contributed by atoms with E-state index in [0.717, 1.165) is 81.7 Å². The van der Waals surface area contributed by atoms with E-state index in [4.69, 9.17) is 4.74 Å². The molecule has 2 amide bonds. The number of unbranched alkanes of at least 4 members (excludes halogenated alkanes) is 2. The molecule has 4 rings (SSSR count). The number of methoxy groups -OCH3 is 1. The Morgan fingerprint density at radius 1 is 0.951 bits per heavy atom. The molecule has 2 aromatic rings. The lowest BCUT2D eigenvalue weighted by Gasteiger charge is -2.36. The summed E-state index contributed by atoms with van der Waals surface area (Å²) in [4.78, 5) is 33.1. The molecule has 0 N–H and O–H groups in total. The summed E-state index contributed by atoms with van der Waals surface area (Å²) in [6.45, 7) is 7.47. The predicted octanol–water partition coefficient (Wildman–Crippen LogP) is 6.31. The van der Waals surface area contributed by atoms with E-state index >= 15 is 0 Å². The van der Waals surface area contributed by atoms with Crippen molar-refractivity contribution in [1.82, 2.24) is 14.7 Å². The van der Waals surface area contributed by atoms with Gasteiger partial charge in [-0.1, -0.05) is 81.5 Å². The highest BCUT2D eigenvalue weighted by molar-refractivity contribution is 5.94. The Bertz CT molecular complexity index is 1120. The molecule has 0 unspecified atom stereocenters. The number of benzene rings is 2. The summed E-state index contributed by atoms with van der Waals surface area (Å²) >= 11 is 0. The number of nitrogens with zero attached hydrogens (tertiary/aromatic N) is 3. The predicted molar refractivity (Wildman–Crippen MR) is 167 cm³/mol. The average molecular weight is 560 g/mol. The Balaban J connectivity index is 1.29. The number of piperazine rings is 1. The van der Waals surface area contributed by atoms with Crippen LogP contribution in [-0.2, 0) is 11.2 Å². The van der Waals surface area contributed by atoms with Gasteiger partial charge in [0.1, 0.15) is 5.75 Å².